The first kappa shape index (κ1) is 43.9. The van der Waals surface area contributed by atoms with Crippen molar-refractivity contribution in [3.63, 3.8) is 0 Å². The van der Waals surface area contributed by atoms with E-state index in [0.717, 1.165) is 78.0 Å². The Hall–Kier alpha value is -7.04. The van der Waals surface area contributed by atoms with Crippen LogP contribution in [0.3, 0.4) is 0 Å². The second-order valence-corrected chi connectivity index (χ2v) is 22.9. The van der Waals surface area contributed by atoms with Crippen molar-refractivity contribution in [3.8, 4) is 78.6 Å². The number of phenols is 1. The molecular weight excluding hydrogens is 863 g/mol. The number of imidazole rings is 1. The molecule has 2 aromatic heterocycles. The van der Waals surface area contributed by atoms with E-state index in [1.165, 1.54) is 5.56 Å². The van der Waals surface area contributed by atoms with Gasteiger partial charge in [-0.2, -0.15) is 0 Å². The van der Waals surface area contributed by atoms with Crippen LogP contribution in [0.2, 0.25) is 0 Å². The number of phenolic OH excluding ortho intramolecular Hbond substituents is 1. The highest BCUT2D eigenvalue weighted by molar-refractivity contribution is 5.97. The van der Waals surface area contributed by atoms with E-state index in [-0.39, 0.29) is 28.1 Å². The predicted octanol–water partition coefficient (Wildman–Crippen LogP) is 18.6. The Morgan fingerprint density at radius 1 is 0.535 bits per heavy atom. The maximum Gasteiger partial charge on any atom is 0.149 e. The van der Waals surface area contributed by atoms with Crippen molar-refractivity contribution in [2.24, 2.45) is 0 Å². The number of benzene rings is 7. The van der Waals surface area contributed by atoms with Gasteiger partial charge in [0.2, 0.25) is 0 Å². The highest BCUT2D eigenvalue weighted by atomic mass is 16.3. The lowest BCUT2D eigenvalue weighted by molar-refractivity contribution is 0.446. The summed E-state index contributed by atoms with van der Waals surface area (Å²) in [5.41, 5.74) is 15.9. The normalized spacial score (nSPS) is 13.5. The van der Waals surface area contributed by atoms with Gasteiger partial charge in [0.05, 0.1) is 28.0 Å². The van der Waals surface area contributed by atoms with Crippen LogP contribution in [0.15, 0.2) is 158 Å². The van der Waals surface area contributed by atoms with Gasteiger partial charge in [0.15, 0.2) is 0 Å². The van der Waals surface area contributed by atoms with E-state index >= 15 is 0 Å². The van der Waals surface area contributed by atoms with Crippen molar-refractivity contribution >= 4 is 11.0 Å². The second kappa shape index (κ2) is 18.6. The lowest BCUT2D eigenvalue weighted by Gasteiger charge is -2.27. The number of hydrogen-bond donors (Lipinski definition) is 1. The van der Waals surface area contributed by atoms with Gasteiger partial charge in [-0.25, -0.2) is 4.98 Å². The van der Waals surface area contributed by atoms with Crippen molar-refractivity contribution < 1.29 is 10.6 Å². The van der Waals surface area contributed by atoms with Gasteiger partial charge >= 0.3 is 0 Å². The zero-order valence-corrected chi connectivity index (χ0v) is 43.9. The van der Waals surface area contributed by atoms with Gasteiger partial charge in [0, 0.05) is 28.4 Å². The molecule has 1 N–H and O–H groups in total. The number of aromatic hydroxyl groups is 1. The molecule has 9 aromatic rings. The first-order chi connectivity index (χ1) is 35.1. The minimum absolute atomic E-state index is 0.103. The predicted molar refractivity (Wildman–Crippen MR) is 302 cm³/mol. The molecule has 9 rings (SSSR count). The van der Waals surface area contributed by atoms with Crippen molar-refractivity contribution in [1.82, 2.24) is 14.5 Å². The molecule has 0 amide bonds. The van der Waals surface area contributed by atoms with Crippen LogP contribution < -0.4 is 0 Å². The van der Waals surface area contributed by atoms with Crippen LogP contribution in [0.1, 0.15) is 141 Å². The molecule has 2 heterocycles. The van der Waals surface area contributed by atoms with Crippen LogP contribution in [0.5, 0.6) is 5.75 Å². The van der Waals surface area contributed by atoms with E-state index in [9.17, 15) is 10.6 Å². The van der Waals surface area contributed by atoms with E-state index in [1.807, 2.05) is 73.1 Å². The number of nitrogens with zero attached hydrogens (tertiary/aromatic N) is 3. The Morgan fingerprint density at radius 3 is 1.80 bits per heavy atom. The summed E-state index contributed by atoms with van der Waals surface area (Å²) in [7, 11) is 0. The molecular formula is C67H71N3O. The number of aromatic nitrogens is 3. The molecule has 7 aromatic carbocycles. The topological polar surface area (TPSA) is 50.9 Å². The van der Waals surface area contributed by atoms with Gasteiger partial charge < -0.3 is 5.11 Å². The number of pyridine rings is 1. The summed E-state index contributed by atoms with van der Waals surface area (Å²) < 4.78 is 38.9. The summed E-state index contributed by atoms with van der Waals surface area (Å²) in [6, 6.07) is 51.9. The molecule has 0 saturated heterocycles. The molecule has 0 aliphatic carbocycles. The minimum Gasteiger partial charge on any atom is -0.507 e. The smallest absolute Gasteiger partial charge is 0.149 e. The number of para-hydroxylation sites is 1. The van der Waals surface area contributed by atoms with E-state index in [1.54, 1.807) is 6.07 Å². The van der Waals surface area contributed by atoms with Gasteiger partial charge in [-0.1, -0.05) is 193 Å². The molecule has 0 spiro atoms. The molecule has 0 bridgehead atoms. The molecule has 4 heteroatoms. The molecule has 0 fully saturated rings. The van der Waals surface area contributed by atoms with Crippen molar-refractivity contribution in [3.05, 3.63) is 191 Å². The molecule has 4 nitrogen and oxygen atoms in total. The lowest BCUT2D eigenvalue weighted by atomic mass is 9.79. The lowest BCUT2D eigenvalue weighted by Crippen LogP contribution is -2.17. The Kier molecular flexibility index (Phi) is 11.5. The quantitative estimate of drug-likeness (QED) is 0.157. The molecule has 0 saturated carbocycles. The third kappa shape index (κ3) is 9.62. The number of hydrogen-bond acceptors (Lipinski definition) is 3. The molecule has 0 atom stereocenters. The molecule has 0 radical (unpaired) electrons. The minimum atomic E-state index is -2.58. The van der Waals surface area contributed by atoms with Crippen molar-refractivity contribution in [1.29, 1.82) is 0 Å². The van der Waals surface area contributed by atoms with Crippen molar-refractivity contribution in [2.45, 2.75) is 125 Å². The first-order valence-electron chi connectivity index (χ1n) is 27.1. The van der Waals surface area contributed by atoms with Crippen LogP contribution in [0.25, 0.3) is 83.9 Å². The standard InChI is InChI=1S/C67H71N3O/c1-41(2)53-22-18-23-54(42(3)4)61(53)48-30-31-59(43(5)34-48)70-60-25-19-24-55(62(60)69-64(70)56-39-52(66(9,10)11)40-57(63(56)71)67(12,13)14)49-35-50(37-51(36-49)65(6,7)8)58-38-47(32-33-68-58)46-28-26-45(27-29-46)44-20-16-15-17-21-44/h15-42,71H,1-14H3/i5D3,41D. The molecule has 71 heavy (non-hydrogen) atoms. The van der Waals surface area contributed by atoms with Gasteiger partial charge in [0.25, 0.3) is 0 Å². The molecule has 0 unspecified atom stereocenters. The van der Waals surface area contributed by atoms with E-state index < -0.39 is 18.2 Å². The zero-order chi connectivity index (χ0) is 54.2. The number of fused-ring (bicyclic) bond motifs is 1. The molecule has 360 valence electrons. The summed E-state index contributed by atoms with van der Waals surface area (Å²) in [5.74, 6) is -0.307. The SMILES string of the molecule is [2H]C([2H])([2H])c1cc(-c2c(C(C)C)cccc2C([2H])(C)C)ccc1-n1c(-c2cc(C(C)(C)C)cc(C(C)(C)C)c2O)nc2c(-c3cc(-c4cc(-c5ccc(-c6ccccc6)cc5)ccn4)cc(C(C)(C)C)c3)cccc21. The maximum absolute atomic E-state index is 12.6. The van der Waals surface area contributed by atoms with E-state index in [4.69, 9.17) is 9.97 Å². The highest BCUT2D eigenvalue weighted by Gasteiger charge is 2.30. The van der Waals surface area contributed by atoms with Crippen molar-refractivity contribution in [2.75, 3.05) is 0 Å². The average Bonchev–Trinajstić information content (AvgIpc) is 3.74. The summed E-state index contributed by atoms with van der Waals surface area (Å²) in [6.45, 7) is 24.9. The largest absolute Gasteiger partial charge is 0.507 e. The Bertz CT molecular complexity index is 3590. The average molecular weight is 938 g/mol. The third-order valence-corrected chi connectivity index (χ3v) is 14.0. The zero-order valence-electron chi connectivity index (χ0n) is 47.9. The summed E-state index contributed by atoms with van der Waals surface area (Å²) in [4.78, 5) is 10.6. The first-order valence-corrected chi connectivity index (χ1v) is 25.1. The van der Waals surface area contributed by atoms with E-state index in [2.05, 4.69) is 173 Å². The van der Waals surface area contributed by atoms with Crippen LogP contribution in [0, 0.1) is 6.85 Å². The highest BCUT2D eigenvalue weighted by Crippen LogP contribution is 2.46. The summed E-state index contributed by atoms with van der Waals surface area (Å²) >= 11 is 0. The fourth-order valence-electron chi connectivity index (χ4n) is 9.86. The molecule has 0 aliphatic rings. The van der Waals surface area contributed by atoms with Gasteiger partial charge in [-0.05, 0) is 150 Å². The Labute approximate surface area is 429 Å². The van der Waals surface area contributed by atoms with Gasteiger partial charge in [0.1, 0.15) is 11.6 Å². The summed E-state index contributed by atoms with van der Waals surface area (Å²) in [6.07, 6.45) is 1.88. The Morgan fingerprint density at radius 2 is 1.15 bits per heavy atom. The monoisotopic (exact) mass is 938 g/mol. The fourth-order valence-corrected chi connectivity index (χ4v) is 9.86. The van der Waals surface area contributed by atoms with Crippen LogP contribution in [0.4, 0.5) is 0 Å². The second-order valence-electron chi connectivity index (χ2n) is 22.9. The van der Waals surface area contributed by atoms with Crippen LogP contribution in [-0.2, 0) is 16.2 Å². The fraction of sp³-hybridized carbons (Fsp3) is 0.284. The van der Waals surface area contributed by atoms with Crippen LogP contribution in [-0.4, -0.2) is 19.6 Å². The van der Waals surface area contributed by atoms with Gasteiger partial charge in [-0.3, -0.25) is 9.55 Å². The maximum atomic E-state index is 12.6. The summed E-state index contributed by atoms with van der Waals surface area (Å²) in [5, 5.41) is 12.6. The number of rotatable bonds is 9. The third-order valence-electron chi connectivity index (χ3n) is 14.0. The van der Waals surface area contributed by atoms with Crippen LogP contribution >= 0.6 is 0 Å². The van der Waals surface area contributed by atoms with E-state index in [0.29, 0.717) is 28.1 Å². The van der Waals surface area contributed by atoms with Gasteiger partial charge in [-0.15, -0.1) is 0 Å². The Balaban J connectivity index is 1.31. The molecule has 0 aliphatic heterocycles. The number of aryl methyl sites for hydroxylation is 1.